The van der Waals surface area contributed by atoms with Gasteiger partial charge in [-0.1, -0.05) is 23.9 Å². The monoisotopic (exact) mass is 428 g/mol. The summed E-state index contributed by atoms with van der Waals surface area (Å²) in [6.07, 6.45) is 4.71. The number of nitrogens with zero attached hydrogens (tertiary/aromatic N) is 4. The fourth-order valence-electron chi connectivity index (χ4n) is 5.11. The number of fused-ring (bicyclic) bond motifs is 1. The van der Waals surface area contributed by atoms with E-state index in [0.717, 1.165) is 65.8 Å². The van der Waals surface area contributed by atoms with Crippen LogP contribution in [0.25, 0.3) is 11.3 Å². The van der Waals surface area contributed by atoms with Crippen LogP contribution in [-0.2, 0) is 17.7 Å². The van der Waals surface area contributed by atoms with Crippen LogP contribution in [0.5, 0.6) is 0 Å². The van der Waals surface area contributed by atoms with Crippen LogP contribution >= 0.6 is 0 Å². The van der Waals surface area contributed by atoms with E-state index in [9.17, 15) is 0 Å². The van der Waals surface area contributed by atoms with Gasteiger partial charge in [0.15, 0.2) is 5.76 Å². The van der Waals surface area contributed by atoms with Crippen LogP contribution in [0.2, 0.25) is 0 Å². The normalized spacial score (nSPS) is 24.6. The van der Waals surface area contributed by atoms with Gasteiger partial charge in [-0.05, 0) is 36.1 Å². The van der Waals surface area contributed by atoms with E-state index in [0.29, 0.717) is 12.5 Å². The number of hydrogen-bond acceptors (Lipinski definition) is 5. The molecule has 3 aromatic rings. The van der Waals surface area contributed by atoms with E-state index in [-0.39, 0.29) is 0 Å². The fourth-order valence-corrected chi connectivity index (χ4v) is 5.11. The lowest BCUT2D eigenvalue weighted by molar-refractivity contribution is -0.0453. The van der Waals surface area contributed by atoms with Gasteiger partial charge in [0.05, 0.1) is 19.8 Å². The highest BCUT2D eigenvalue weighted by atomic mass is 16.5. The van der Waals surface area contributed by atoms with Gasteiger partial charge in [0.25, 0.3) is 0 Å². The molecule has 2 aromatic heterocycles. The van der Waals surface area contributed by atoms with Crippen LogP contribution in [0.1, 0.15) is 24.0 Å². The molecular formula is C26H28N4O2. The van der Waals surface area contributed by atoms with E-state index in [1.54, 1.807) is 0 Å². The van der Waals surface area contributed by atoms with Crippen LogP contribution in [0.4, 0.5) is 0 Å². The highest BCUT2D eigenvalue weighted by molar-refractivity contribution is 5.59. The average molecular weight is 429 g/mol. The Bertz CT molecular complexity index is 1140. The first-order valence-corrected chi connectivity index (χ1v) is 11.6. The van der Waals surface area contributed by atoms with Crippen LogP contribution < -0.4 is 0 Å². The lowest BCUT2D eigenvalue weighted by atomic mass is 10.1. The Kier molecular flexibility index (Phi) is 5.09. The first-order chi connectivity index (χ1) is 15.8. The third-order valence-electron chi connectivity index (χ3n) is 7.05. The highest BCUT2D eigenvalue weighted by Gasteiger charge is 2.55. The molecule has 32 heavy (non-hydrogen) atoms. The van der Waals surface area contributed by atoms with E-state index in [4.69, 9.17) is 9.26 Å². The number of aryl methyl sites for hydroxylation is 1. The zero-order chi connectivity index (χ0) is 21.5. The van der Waals surface area contributed by atoms with Gasteiger partial charge in [0.2, 0.25) is 0 Å². The molecule has 1 aliphatic carbocycles. The minimum atomic E-state index is 0.580. The lowest BCUT2D eigenvalue weighted by Crippen LogP contribution is -2.39. The van der Waals surface area contributed by atoms with Crippen molar-refractivity contribution in [2.75, 3.05) is 32.8 Å². The predicted octanol–water partition coefficient (Wildman–Crippen LogP) is 3.32. The number of piperidine rings is 1. The van der Waals surface area contributed by atoms with Crippen molar-refractivity contribution < 1.29 is 9.26 Å². The number of benzene rings is 1. The molecule has 0 N–H and O–H groups in total. The number of aromatic nitrogens is 3. The molecule has 2 aliphatic heterocycles. The molecule has 0 radical (unpaired) electrons. The van der Waals surface area contributed by atoms with E-state index >= 15 is 0 Å². The average Bonchev–Trinajstić information content (AvgIpc) is 3.26. The van der Waals surface area contributed by atoms with Crippen LogP contribution in [0.15, 0.2) is 47.2 Å². The summed E-state index contributed by atoms with van der Waals surface area (Å²) in [6.45, 7) is 8.31. The van der Waals surface area contributed by atoms with Gasteiger partial charge < -0.3 is 18.7 Å². The first-order valence-electron chi connectivity index (χ1n) is 11.6. The summed E-state index contributed by atoms with van der Waals surface area (Å²) in [5.41, 5.74) is 2.98. The Labute approximate surface area is 188 Å². The smallest absolute Gasteiger partial charge is 0.167 e. The molecule has 0 unspecified atom stereocenters. The largest absolute Gasteiger partial charge is 0.381 e. The summed E-state index contributed by atoms with van der Waals surface area (Å²) in [6, 6.07) is 10.3. The Morgan fingerprint density at radius 1 is 1.12 bits per heavy atom. The van der Waals surface area contributed by atoms with Crippen molar-refractivity contribution in [2.24, 2.45) is 23.7 Å². The van der Waals surface area contributed by atoms with E-state index in [1.165, 1.54) is 19.6 Å². The Morgan fingerprint density at radius 3 is 2.66 bits per heavy atom. The highest BCUT2D eigenvalue weighted by Crippen LogP contribution is 2.51. The molecule has 4 heterocycles. The van der Waals surface area contributed by atoms with Gasteiger partial charge in [-0.2, -0.15) is 0 Å². The van der Waals surface area contributed by atoms with Crippen LogP contribution in [-0.4, -0.2) is 52.5 Å². The van der Waals surface area contributed by atoms with E-state index in [1.807, 2.05) is 18.5 Å². The topological polar surface area (TPSA) is 56.3 Å². The summed E-state index contributed by atoms with van der Waals surface area (Å²) in [4.78, 5) is 6.97. The van der Waals surface area contributed by atoms with Gasteiger partial charge >= 0.3 is 0 Å². The molecular weight excluding hydrogens is 400 g/mol. The number of likely N-dealkylation sites (tertiary alicyclic amines) is 1. The Hall–Kier alpha value is -2.88. The van der Waals surface area contributed by atoms with Gasteiger partial charge in [0, 0.05) is 67.5 Å². The molecule has 1 saturated carbocycles. The SMILES string of the molecule is CCc1nccn1Cc1cc(-c2ccc(C#C[C@@H]3[C@H]4CN(CC5COC5)C[C@@H]34)cc2)on1. The van der Waals surface area contributed by atoms with Gasteiger partial charge in [-0.25, -0.2) is 4.98 Å². The van der Waals surface area contributed by atoms with Crippen molar-refractivity contribution in [3.8, 4) is 23.2 Å². The summed E-state index contributed by atoms with van der Waals surface area (Å²) in [5.74, 6) is 11.7. The summed E-state index contributed by atoms with van der Waals surface area (Å²) >= 11 is 0. The van der Waals surface area contributed by atoms with E-state index < -0.39 is 0 Å². The standard InChI is InChI=1S/C26H28N4O2/c1-2-26-27-9-10-30(26)13-21-11-25(32-28-21)20-6-3-18(4-7-20)5-8-22-23-14-29(15-24(22)23)12-19-16-31-17-19/h3-4,6-7,9-11,19,22-24H,2,12-17H2,1H3/t22-,23-,24+. The maximum Gasteiger partial charge on any atom is 0.167 e. The third-order valence-corrected chi connectivity index (χ3v) is 7.05. The quantitative estimate of drug-likeness (QED) is 0.564. The number of hydrogen-bond donors (Lipinski definition) is 0. The maximum absolute atomic E-state index is 5.59. The first kappa shape index (κ1) is 19.8. The fraction of sp³-hybridized carbons (Fsp3) is 0.462. The van der Waals surface area contributed by atoms with Crippen molar-refractivity contribution in [3.05, 3.63) is 59.8 Å². The molecule has 3 fully saturated rings. The summed E-state index contributed by atoms with van der Waals surface area (Å²) in [5, 5.41) is 4.24. The second-order valence-corrected chi connectivity index (χ2v) is 9.33. The molecule has 164 valence electrons. The summed E-state index contributed by atoms with van der Waals surface area (Å²) in [7, 11) is 0. The molecule has 1 aromatic carbocycles. The molecule has 3 aliphatic rings. The van der Waals surface area contributed by atoms with E-state index in [2.05, 4.69) is 62.6 Å². The van der Waals surface area contributed by atoms with Crippen LogP contribution in [0.3, 0.4) is 0 Å². The lowest BCUT2D eigenvalue weighted by Gasteiger charge is -2.31. The zero-order valence-electron chi connectivity index (χ0n) is 18.4. The molecule has 6 rings (SSSR count). The van der Waals surface area contributed by atoms with Crippen molar-refractivity contribution >= 4 is 0 Å². The Balaban J connectivity index is 1.05. The summed E-state index contributed by atoms with van der Waals surface area (Å²) < 4.78 is 13.0. The molecule has 2 saturated heterocycles. The van der Waals surface area contributed by atoms with Gasteiger partial charge in [-0.3, -0.25) is 0 Å². The molecule has 3 atom stereocenters. The Morgan fingerprint density at radius 2 is 1.94 bits per heavy atom. The minimum absolute atomic E-state index is 0.580. The molecule has 6 nitrogen and oxygen atoms in total. The maximum atomic E-state index is 5.59. The van der Waals surface area contributed by atoms with Crippen molar-refractivity contribution in [1.82, 2.24) is 19.6 Å². The number of imidazole rings is 1. The third kappa shape index (κ3) is 3.87. The molecule has 6 heteroatoms. The molecule has 0 spiro atoms. The number of ether oxygens (including phenoxy) is 1. The van der Waals surface area contributed by atoms with Crippen molar-refractivity contribution in [1.29, 1.82) is 0 Å². The number of rotatable bonds is 6. The second kappa shape index (κ2) is 8.23. The molecule has 0 bridgehead atoms. The minimum Gasteiger partial charge on any atom is -0.381 e. The van der Waals surface area contributed by atoms with Crippen molar-refractivity contribution in [2.45, 2.75) is 19.9 Å². The van der Waals surface area contributed by atoms with Crippen molar-refractivity contribution in [3.63, 3.8) is 0 Å². The molecule has 0 amide bonds. The second-order valence-electron chi connectivity index (χ2n) is 9.33. The predicted molar refractivity (Wildman–Crippen MR) is 121 cm³/mol. The van der Waals surface area contributed by atoms with Gasteiger partial charge in [-0.15, -0.1) is 0 Å². The zero-order valence-corrected chi connectivity index (χ0v) is 18.4. The van der Waals surface area contributed by atoms with Crippen LogP contribution in [0, 0.1) is 35.5 Å². The van der Waals surface area contributed by atoms with Gasteiger partial charge in [0.1, 0.15) is 11.5 Å².